The third-order valence-corrected chi connectivity index (χ3v) is 5.04. The standard InChI is InChI=1S/C23H21ClN6O3/c1-3-33-22-11-15(6-9-21(22)32-2)20-5-4-10-30(29-20)23(31)18-8-7-16(12-19(18)24)27-28-17(13-25)14-26/h6-9,11-12,25H,3-5,10H2,1-2H3. The van der Waals surface area contributed by atoms with Crippen molar-refractivity contribution in [3.05, 3.63) is 58.2 Å². The molecular formula is C23H21ClN6O3. The van der Waals surface area contributed by atoms with Crippen LogP contribution in [0, 0.1) is 16.7 Å². The van der Waals surface area contributed by atoms with Crippen LogP contribution in [-0.2, 0) is 0 Å². The largest absolute Gasteiger partial charge is 0.493 e. The molecule has 0 bridgehead atoms. The maximum absolute atomic E-state index is 13.1. The Labute approximate surface area is 196 Å². The van der Waals surface area contributed by atoms with Gasteiger partial charge >= 0.3 is 0 Å². The molecular weight excluding hydrogens is 444 g/mol. The summed E-state index contributed by atoms with van der Waals surface area (Å²) in [5.41, 5.74) is 1.96. The quantitative estimate of drug-likeness (QED) is 0.346. The highest BCUT2D eigenvalue weighted by molar-refractivity contribution is 6.34. The van der Waals surface area contributed by atoms with Crippen molar-refractivity contribution in [1.82, 2.24) is 5.01 Å². The number of benzene rings is 2. The van der Waals surface area contributed by atoms with Crippen LogP contribution in [0.2, 0.25) is 5.02 Å². The van der Waals surface area contributed by atoms with Crippen LogP contribution in [0.1, 0.15) is 35.7 Å². The molecule has 168 valence electrons. The van der Waals surface area contributed by atoms with E-state index in [0.29, 0.717) is 30.3 Å². The summed E-state index contributed by atoms with van der Waals surface area (Å²) in [5.74, 6) is 2.78. The van der Waals surface area contributed by atoms with Crippen LogP contribution in [0.15, 0.2) is 57.4 Å². The van der Waals surface area contributed by atoms with Crippen molar-refractivity contribution < 1.29 is 14.3 Å². The topological polar surface area (TPSA) is 123 Å². The summed E-state index contributed by atoms with van der Waals surface area (Å²) in [4.78, 5) is 13.1. The number of ether oxygens (including phenoxy) is 2. The maximum atomic E-state index is 13.1. The molecule has 1 heterocycles. The summed E-state index contributed by atoms with van der Waals surface area (Å²) in [5, 5.41) is 29.3. The molecule has 1 N–H and O–H groups in total. The number of nitriles is 1. The van der Waals surface area contributed by atoms with Gasteiger partial charge in [-0.25, -0.2) is 5.01 Å². The molecule has 9 nitrogen and oxygen atoms in total. The molecule has 0 fully saturated rings. The molecule has 0 saturated carbocycles. The SMILES string of the molecule is CCOc1cc(C2=NN(C(=O)c3ccc(N=NC(=C=N)C#N)cc3Cl)CCC2)ccc1OC. The van der Waals surface area contributed by atoms with Crippen molar-refractivity contribution in [1.29, 1.82) is 10.7 Å². The molecule has 0 radical (unpaired) electrons. The van der Waals surface area contributed by atoms with Gasteiger partial charge in [0.2, 0.25) is 5.70 Å². The molecule has 1 aliphatic rings. The molecule has 0 spiro atoms. The Kier molecular flexibility index (Phi) is 7.92. The zero-order valence-electron chi connectivity index (χ0n) is 18.1. The van der Waals surface area contributed by atoms with E-state index in [1.165, 1.54) is 17.1 Å². The van der Waals surface area contributed by atoms with Crippen LogP contribution in [0.5, 0.6) is 11.5 Å². The minimum absolute atomic E-state index is 0.180. The number of hydrogen-bond donors (Lipinski definition) is 1. The lowest BCUT2D eigenvalue weighted by Gasteiger charge is -2.24. The van der Waals surface area contributed by atoms with Crippen LogP contribution >= 0.6 is 11.6 Å². The molecule has 1 aliphatic heterocycles. The highest BCUT2D eigenvalue weighted by atomic mass is 35.5. The van der Waals surface area contributed by atoms with Gasteiger partial charge in [-0.05, 0) is 56.2 Å². The lowest BCUT2D eigenvalue weighted by Crippen LogP contribution is -2.32. The first-order valence-electron chi connectivity index (χ1n) is 10.1. The molecule has 10 heteroatoms. The Balaban J connectivity index is 1.85. The van der Waals surface area contributed by atoms with E-state index in [9.17, 15) is 4.79 Å². The van der Waals surface area contributed by atoms with Gasteiger partial charge in [0.15, 0.2) is 11.5 Å². The first-order chi connectivity index (χ1) is 16.0. The molecule has 3 rings (SSSR count). The average Bonchev–Trinajstić information content (AvgIpc) is 2.84. The third-order valence-electron chi connectivity index (χ3n) is 4.73. The predicted molar refractivity (Wildman–Crippen MR) is 124 cm³/mol. The van der Waals surface area contributed by atoms with Gasteiger partial charge < -0.3 is 9.47 Å². The van der Waals surface area contributed by atoms with Crippen molar-refractivity contribution in [2.24, 2.45) is 15.3 Å². The fourth-order valence-electron chi connectivity index (χ4n) is 3.18. The Morgan fingerprint density at radius 1 is 1.30 bits per heavy atom. The average molecular weight is 465 g/mol. The first-order valence-corrected chi connectivity index (χ1v) is 10.5. The summed E-state index contributed by atoms with van der Waals surface area (Å²) in [7, 11) is 1.58. The molecule has 0 atom stereocenters. The third kappa shape index (κ3) is 5.63. The lowest BCUT2D eigenvalue weighted by atomic mass is 10.0. The summed E-state index contributed by atoms with van der Waals surface area (Å²) in [6.07, 6.45) is 1.47. The second kappa shape index (κ2) is 11.0. The fraction of sp³-hybridized carbons (Fsp3) is 0.261. The van der Waals surface area contributed by atoms with Crippen LogP contribution in [-0.4, -0.2) is 42.8 Å². The van der Waals surface area contributed by atoms with Gasteiger partial charge in [-0.2, -0.15) is 10.4 Å². The van der Waals surface area contributed by atoms with Gasteiger partial charge in [-0.1, -0.05) is 11.6 Å². The number of methoxy groups -OCH3 is 1. The van der Waals surface area contributed by atoms with E-state index >= 15 is 0 Å². The van der Waals surface area contributed by atoms with Crippen molar-refractivity contribution >= 4 is 34.8 Å². The van der Waals surface area contributed by atoms with E-state index in [0.717, 1.165) is 24.1 Å². The number of hydrogen-bond acceptors (Lipinski definition) is 8. The highest BCUT2D eigenvalue weighted by Gasteiger charge is 2.23. The van der Waals surface area contributed by atoms with E-state index in [1.54, 1.807) is 19.2 Å². The van der Waals surface area contributed by atoms with Gasteiger partial charge in [0.1, 0.15) is 6.07 Å². The summed E-state index contributed by atoms with van der Waals surface area (Å²) < 4.78 is 11.0. The maximum Gasteiger partial charge on any atom is 0.275 e. The van der Waals surface area contributed by atoms with Crippen LogP contribution in [0.25, 0.3) is 0 Å². The smallest absolute Gasteiger partial charge is 0.275 e. The number of carbonyl (C=O) groups excluding carboxylic acids is 1. The number of nitrogens with zero attached hydrogens (tertiary/aromatic N) is 5. The number of azo groups is 1. The van der Waals surface area contributed by atoms with Crippen LogP contribution < -0.4 is 9.47 Å². The number of rotatable bonds is 7. The minimum atomic E-state index is -0.337. The van der Waals surface area contributed by atoms with Crippen molar-refractivity contribution in [3.8, 4) is 17.6 Å². The number of hydrazone groups is 1. The zero-order valence-corrected chi connectivity index (χ0v) is 18.9. The highest BCUT2D eigenvalue weighted by Crippen LogP contribution is 2.30. The molecule has 0 saturated heterocycles. The molecule has 1 amide bonds. The Morgan fingerprint density at radius 2 is 2.12 bits per heavy atom. The number of halogens is 1. The van der Waals surface area contributed by atoms with Crippen LogP contribution in [0.4, 0.5) is 5.69 Å². The van der Waals surface area contributed by atoms with Gasteiger partial charge in [0.25, 0.3) is 5.91 Å². The Hall–Kier alpha value is -3.99. The van der Waals surface area contributed by atoms with Gasteiger partial charge in [-0.15, -0.1) is 10.2 Å². The molecule has 0 aromatic heterocycles. The van der Waals surface area contributed by atoms with E-state index in [4.69, 9.17) is 31.7 Å². The second-order valence-corrected chi connectivity index (χ2v) is 7.23. The summed E-state index contributed by atoms with van der Waals surface area (Å²) >= 11 is 6.32. The van der Waals surface area contributed by atoms with Gasteiger partial charge in [0, 0.05) is 18.0 Å². The molecule has 0 unspecified atom stereocenters. The van der Waals surface area contributed by atoms with E-state index in [1.807, 2.05) is 31.0 Å². The zero-order chi connectivity index (χ0) is 23.8. The normalized spacial score (nSPS) is 13.2. The fourth-order valence-corrected chi connectivity index (χ4v) is 3.43. The number of carbonyl (C=O) groups is 1. The van der Waals surface area contributed by atoms with Crippen molar-refractivity contribution in [2.45, 2.75) is 19.8 Å². The minimum Gasteiger partial charge on any atom is -0.493 e. The number of amides is 1. The second-order valence-electron chi connectivity index (χ2n) is 6.83. The van der Waals surface area contributed by atoms with E-state index in [2.05, 4.69) is 15.3 Å². The monoisotopic (exact) mass is 464 g/mol. The molecule has 2 aromatic carbocycles. The Morgan fingerprint density at radius 3 is 2.79 bits per heavy atom. The number of nitrogens with one attached hydrogen (secondary N) is 1. The van der Waals surface area contributed by atoms with E-state index < -0.39 is 0 Å². The van der Waals surface area contributed by atoms with Crippen LogP contribution in [0.3, 0.4) is 0 Å². The molecule has 0 aliphatic carbocycles. The van der Waals surface area contributed by atoms with Gasteiger partial charge in [0.05, 0.1) is 35.7 Å². The predicted octanol–water partition coefficient (Wildman–Crippen LogP) is 5.13. The lowest BCUT2D eigenvalue weighted by molar-refractivity contribution is 0.0752. The van der Waals surface area contributed by atoms with Crippen molar-refractivity contribution in [2.75, 3.05) is 20.3 Å². The molecule has 2 aromatic rings. The summed E-state index contributed by atoms with van der Waals surface area (Å²) in [6, 6.07) is 11.8. The van der Waals surface area contributed by atoms with Crippen molar-refractivity contribution in [3.63, 3.8) is 0 Å². The number of allylic oxidation sites excluding steroid dienone is 1. The Bertz CT molecular complexity index is 1210. The molecule has 33 heavy (non-hydrogen) atoms. The van der Waals surface area contributed by atoms with Gasteiger partial charge in [-0.3, -0.25) is 10.2 Å². The first kappa shape index (κ1) is 23.7. The summed E-state index contributed by atoms with van der Waals surface area (Å²) in [6.45, 7) is 2.86. The van der Waals surface area contributed by atoms with E-state index in [-0.39, 0.29) is 22.2 Å².